The second-order valence-electron chi connectivity index (χ2n) is 4.48. The van der Waals surface area contributed by atoms with Crippen molar-refractivity contribution in [3.8, 4) is 0 Å². The molecule has 3 nitrogen and oxygen atoms in total. The van der Waals surface area contributed by atoms with E-state index in [1.165, 1.54) is 5.56 Å². The summed E-state index contributed by atoms with van der Waals surface area (Å²) in [7, 11) is 0. The average molecular weight is 237 g/mol. The van der Waals surface area contributed by atoms with Crippen molar-refractivity contribution in [3.63, 3.8) is 0 Å². The fraction of sp³-hybridized carbons (Fsp3) is 0.200. The molecule has 1 N–H and O–H groups in total. The third kappa shape index (κ3) is 1.99. The van der Waals surface area contributed by atoms with Crippen molar-refractivity contribution in [2.24, 2.45) is 4.99 Å². The Kier molecular flexibility index (Phi) is 2.81. The summed E-state index contributed by atoms with van der Waals surface area (Å²) in [6.45, 7) is 2.01. The minimum atomic E-state index is 0.112. The van der Waals surface area contributed by atoms with Crippen LogP contribution < -0.4 is 5.32 Å². The van der Waals surface area contributed by atoms with Gasteiger partial charge >= 0.3 is 0 Å². The Hall–Kier alpha value is -2.16. The maximum Gasteiger partial charge on any atom is 0.103 e. The lowest BCUT2D eigenvalue weighted by molar-refractivity contribution is 0.570. The molecule has 3 heteroatoms. The Morgan fingerprint density at radius 2 is 1.78 bits per heavy atom. The molecular formula is C15H15N3. The fourth-order valence-corrected chi connectivity index (χ4v) is 2.37. The largest absolute Gasteiger partial charge is 0.365 e. The normalized spacial score (nSPS) is 22.4. The van der Waals surface area contributed by atoms with E-state index in [0.717, 1.165) is 11.4 Å². The maximum atomic E-state index is 4.68. The molecule has 1 aliphatic rings. The standard InChI is InChI=1S/C15H15N3/c1-11-17-14(12-6-3-2-4-7-12)15(18-11)13-8-5-9-16-10-13/h2-10,14-15H,1H3,(H,17,18). The second kappa shape index (κ2) is 4.61. The van der Waals surface area contributed by atoms with Crippen LogP contribution in [0.4, 0.5) is 0 Å². The molecule has 3 rings (SSSR count). The minimum Gasteiger partial charge on any atom is -0.365 e. The summed E-state index contributed by atoms with van der Waals surface area (Å²) in [5.41, 5.74) is 2.41. The molecule has 2 unspecified atom stereocenters. The highest BCUT2D eigenvalue weighted by Gasteiger charge is 2.29. The van der Waals surface area contributed by atoms with E-state index in [0.29, 0.717) is 0 Å². The minimum absolute atomic E-state index is 0.112. The van der Waals surface area contributed by atoms with E-state index in [4.69, 9.17) is 0 Å². The molecule has 0 fully saturated rings. The zero-order chi connectivity index (χ0) is 12.4. The molecule has 18 heavy (non-hydrogen) atoms. The quantitative estimate of drug-likeness (QED) is 0.872. The van der Waals surface area contributed by atoms with Gasteiger partial charge in [0.05, 0.1) is 11.9 Å². The number of nitrogens with zero attached hydrogens (tertiary/aromatic N) is 2. The lowest BCUT2D eigenvalue weighted by Gasteiger charge is -2.19. The molecule has 0 radical (unpaired) electrons. The number of pyridine rings is 1. The lowest BCUT2D eigenvalue weighted by Crippen LogP contribution is -2.22. The molecule has 2 atom stereocenters. The summed E-state index contributed by atoms with van der Waals surface area (Å²) in [5, 5.41) is 3.44. The molecule has 1 aliphatic heterocycles. The van der Waals surface area contributed by atoms with Crippen molar-refractivity contribution >= 4 is 5.84 Å². The number of amidine groups is 1. The maximum absolute atomic E-state index is 4.68. The van der Waals surface area contributed by atoms with Crippen molar-refractivity contribution in [1.82, 2.24) is 10.3 Å². The van der Waals surface area contributed by atoms with E-state index in [-0.39, 0.29) is 12.1 Å². The Morgan fingerprint density at radius 1 is 1.00 bits per heavy atom. The fourth-order valence-electron chi connectivity index (χ4n) is 2.37. The van der Waals surface area contributed by atoms with E-state index in [2.05, 4.69) is 45.6 Å². The first-order valence-electron chi connectivity index (χ1n) is 6.10. The molecule has 0 amide bonds. The van der Waals surface area contributed by atoms with E-state index >= 15 is 0 Å². The van der Waals surface area contributed by atoms with Crippen molar-refractivity contribution in [2.75, 3.05) is 0 Å². The summed E-state index contributed by atoms with van der Waals surface area (Å²) in [5.74, 6) is 0.984. The Morgan fingerprint density at radius 3 is 2.50 bits per heavy atom. The van der Waals surface area contributed by atoms with Crippen LogP contribution in [0.1, 0.15) is 30.1 Å². The van der Waals surface area contributed by atoms with Gasteiger partial charge < -0.3 is 5.32 Å². The molecule has 2 aromatic rings. The third-order valence-electron chi connectivity index (χ3n) is 3.20. The summed E-state index contributed by atoms with van der Waals surface area (Å²) < 4.78 is 0. The first kappa shape index (κ1) is 11.0. The molecule has 0 saturated heterocycles. The molecular weight excluding hydrogens is 222 g/mol. The predicted molar refractivity (Wildman–Crippen MR) is 72.4 cm³/mol. The summed E-state index contributed by atoms with van der Waals surface area (Å²) in [4.78, 5) is 8.87. The van der Waals surface area contributed by atoms with Crippen molar-refractivity contribution in [3.05, 3.63) is 66.0 Å². The lowest BCUT2D eigenvalue weighted by atomic mass is 9.96. The molecule has 1 aromatic heterocycles. The molecule has 0 saturated carbocycles. The van der Waals surface area contributed by atoms with E-state index in [1.807, 2.05) is 25.3 Å². The van der Waals surface area contributed by atoms with Gasteiger partial charge in [0.2, 0.25) is 0 Å². The van der Waals surface area contributed by atoms with Crippen molar-refractivity contribution in [2.45, 2.75) is 19.0 Å². The molecule has 0 spiro atoms. The second-order valence-corrected chi connectivity index (χ2v) is 4.48. The molecule has 2 heterocycles. The van der Waals surface area contributed by atoms with Gasteiger partial charge in [-0.05, 0) is 24.1 Å². The number of aromatic nitrogens is 1. The Balaban J connectivity index is 1.97. The highest BCUT2D eigenvalue weighted by molar-refractivity contribution is 5.82. The van der Waals surface area contributed by atoms with Crippen LogP contribution in [0.25, 0.3) is 0 Å². The first-order chi connectivity index (χ1) is 8.84. The Labute approximate surface area is 107 Å². The van der Waals surface area contributed by atoms with Gasteiger partial charge in [0.25, 0.3) is 0 Å². The zero-order valence-corrected chi connectivity index (χ0v) is 10.2. The van der Waals surface area contributed by atoms with Crippen LogP contribution in [0.5, 0.6) is 0 Å². The van der Waals surface area contributed by atoms with Crippen molar-refractivity contribution < 1.29 is 0 Å². The number of aliphatic imine (C=N–C) groups is 1. The highest BCUT2D eigenvalue weighted by Crippen LogP contribution is 2.35. The van der Waals surface area contributed by atoms with E-state index < -0.39 is 0 Å². The van der Waals surface area contributed by atoms with Gasteiger partial charge in [0.1, 0.15) is 6.04 Å². The van der Waals surface area contributed by atoms with Gasteiger partial charge in [-0.2, -0.15) is 0 Å². The SMILES string of the molecule is CC1=NC(c2cccnc2)C(c2ccccc2)N1. The summed E-state index contributed by atoms with van der Waals surface area (Å²) >= 11 is 0. The first-order valence-corrected chi connectivity index (χ1v) is 6.10. The van der Waals surface area contributed by atoms with Crippen LogP contribution in [-0.4, -0.2) is 10.8 Å². The molecule has 90 valence electrons. The van der Waals surface area contributed by atoms with Gasteiger partial charge in [-0.1, -0.05) is 36.4 Å². The van der Waals surface area contributed by atoms with Gasteiger partial charge in [-0.15, -0.1) is 0 Å². The molecule has 1 aromatic carbocycles. The smallest absolute Gasteiger partial charge is 0.103 e. The Bertz CT molecular complexity index is 548. The topological polar surface area (TPSA) is 37.3 Å². The van der Waals surface area contributed by atoms with Gasteiger partial charge in [0, 0.05) is 12.4 Å². The molecule has 0 bridgehead atoms. The number of rotatable bonds is 2. The average Bonchev–Trinajstić information content (AvgIpc) is 2.83. The summed E-state index contributed by atoms with van der Waals surface area (Å²) in [6.07, 6.45) is 3.68. The zero-order valence-electron chi connectivity index (χ0n) is 10.2. The van der Waals surface area contributed by atoms with Crippen LogP contribution in [0.3, 0.4) is 0 Å². The van der Waals surface area contributed by atoms with Crippen LogP contribution >= 0.6 is 0 Å². The number of nitrogens with one attached hydrogen (secondary N) is 1. The van der Waals surface area contributed by atoms with Crippen LogP contribution in [0, 0.1) is 0 Å². The monoisotopic (exact) mass is 237 g/mol. The van der Waals surface area contributed by atoms with Gasteiger partial charge in [0.15, 0.2) is 0 Å². The molecule has 0 aliphatic carbocycles. The van der Waals surface area contributed by atoms with Gasteiger partial charge in [-0.3, -0.25) is 9.98 Å². The predicted octanol–water partition coefficient (Wildman–Crippen LogP) is 2.89. The highest BCUT2D eigenvalue weighted by atomic mass is 15.1. The number of hydrogen-bond acceptors (Lipinski definition) is 3. The number of benzene rings is 1. The summed E-state index contributed by atoms with van der Waals surface area (Å²) in [6, 6.07) is 14.8. The number of hydrogen-bond donors (Lipinski definition) is 1. The van der Waals surface area contributed by atoms with Gasteiger partial charge in [-0.25, -0.2) is 0 Å². The third-order valence-corrected chi connectivity index (χ3v) is 3.20. The van der Waals surface area contributed by atoms with Crippen LogP contribution in [0.2, 0.25) is 0 Å². The van der Waals surface area contributed by atoms with Crippen molar-refractivity contribution in [1.29, 1.82) is 0 Å². The van der Waals surface area contributed by atoms with E-state index in [9.17, 15) is 0 Å². The van der Waals surface area contributed by atoms with E-state index in [1.54, 1.807) is 6.20 Å². The van der Waals surface area contributed by atoms with Crippen LogP contribution in [-0.2, 0) is 0 Å². The van der Waals surface area contributed by atoms with Crippen LogP contribution in [0.15, 0.2) is 59.9 Å².